The van der Waals surface area contributed by atoms with Gasteiger partial charge in [-0.1, -0.05) is 18.2 Å². The third-order valence-corrected chi connectivity index (χ3v) is 5.25. The molecule has 0 radical (unpaired) electrons. The molecule has 0 spiro atoms. The second-order valence-electron chi connectivity index (χ2n) is 6.05. The molecule has 0 N–H and O–H groups in total. The van der Waals surface area contributed by atoms with Gasteiger partial charge in [0.05, 0.1) is 23.9 Å². The van der Waals surface area contributed by atoms with E-state index in [9.17, 15) is 10.1 Å². The van der Waals surface area contributed by atoms with Crippen molar-refractivity contribution in [3.05, 3.63) is 29.8 Å². The van der Waals surface area contributed by atoms with E-state index in [1.807, 2.05) is 18.2 Å². The number of hydrogen-bond acceptors (Lipinski definition) is 6. The van der Waals surface area contributed by atoms with Gasteiger partial charge >= 0.3 is 5.97 Å². The summed E-state index contributed by atoms with van der Waals surface area (Å²) in [4.78, 5) is 16.6. The third-order valence-electron chi connectivity index (χ3n) is 4.28. The summed E-state index contributed by atoms with van der Waals surface area (Å²) in [5.41, 5.74) is 1.22. The summed E-state index contributed by atoms with van der Waals surface area (Å²) in [6.07, 6.45) is 5.43. The number of nitrogens with zero attached hydrogens (tertiary/aromatic N) is 2. The molecular formula is C19H20N2O3S. The van der Waals surface area contributed by atoms with Crippen LogP contribution >= 0.6 is 11.8 Å². The molecule has 1 aliphatic rings. The van der Waals surface area contributed by atoms with Crippen molar-refractivity contribution in [1.82, 2.24) is 4.98 Å². The number of esters is 1. The normalized spacial score (nSPS) is 14.9. The van der Waals surface area contributed by atoms with Crippen LogP contribution in [-0.4, -0.2) is 29.9 Å². The molecule has 0 bridgehead atoms. The van der Waals surface area contributed by atoms with Crippen LogP contribution in [0.4, 0.5) is 0 Å². The Balaban J connectivity index is 1.69. The molecule has 5 nitrogen and oxygen atoms in total. The van der Waals surface area contributed by atoms with Crippen molar-refractivity contribution >= 4 is 28.6 Å². The van der Waals surface area contributed by atoms with E-state index in [0.717, 1.165) is 42.3 Å². The summed E-state index contributed by atoms with van der Waals surface area (Å²) in [7, 11) is 1.60. The summed E-state index contributed by atoms with van der Waals surface area (Å²) in [5.74, 6) is 0.645. The zero-order valence-corrected chi connectivity index (χ0v) is 15.0. The van der Waals surface area contributed by atoms with E-state index < -0.39 is 0 Å². The van der Waals surface area contributed by atoms with Crippen molar-refractivity contribution < 1.29 is 14.3 Å². The van der Waals surface area contributed by atoms with Gasteiger partial charge < -0.3 is 9.47 Å². The fourth-order valence-corrected chi connectivity index (χ4v) is 3.73. The van der Waals surface area contributed by atoms with E-state index in [-0.39, 0.29) is 17.8 Å². The van der Waals surface area contributed by atoms with E-state index >= 15 is 0 Å². The van der Waals surface area contributed by atoms with Gasteiger partial charge in [0.25, 0.3) is 0 Å². The fraction of sp³-hybridized carbons (Fsp3) is 0.421. The van der Waals surface area contributed by atoms with Gasteiger partial charge in [0.15, 0.2) is 0 Å². The van der Waals surface area contributed by atoms with E-state index in [0.29, 0.717) is 10.6 Å². The van der Waals surface area contributed by atoms with E-state index in [1.54, 1.807) is 13.2 Å². The minimum Gasteiger partial charge on any atom is -0.497 e. The van der Waals surface area contributed by atoms with Crippen molar-refractivity contribution in [2.75, 3.05) is 12.9 Å². The van der Waals surface area contributed by atoms with Crippen molar-refractivity contribution in [2.24, 2.45) is 0 Å². The second-order valence-corrected chi connectivity index (χ2v) is 7.01. The zero-order chi connectivity index (χ0) is 17.6. The molecule has 0 atom stereocenters. The molecule has 1 saturated carbocycles. The summed E-state index contributed by atoms with van der Waals surface area (Å²) in [5, 5.41) is 10.8. The van der Waals surface area contributed by atoms with Crippen LogP contribution in [0.2, 0.25) is 0 Å². The van der Waals surface area contributed by atoms with Crippen LogP contribution in [0.1, 0.15) is 37.7 Å². The number of aromatic nitrogens is 1. The number of hydrogen-bond donors (Lipinski definition) is 0. The Labute approximate surface area is 151 Å². The number of rotatable bonds is 5. The average molecular weight is 356 g/mol. The number of methoxy groups -OCH3 is 1. The Hall–Kier alpha value is -2.26. The Morgan fingerprint density at radius 3 is 2.84 bits per heavy atom. The molecule has 0 aliphatic heterocycles. The largest absolute Gasteiger partial charge is 0.497 e. The van der Waals surface area contributed by atoms with Crippen molar-refractivity contribution in [2.45, 2.75) is 43.2 Å². The highest BCUT2D eigenvalue weighted by Gasteiger charge is 2.18. The standard InChI is InChI=1S/C19H20N2O3S/c1-23-16-7-8-17-13(10-16)9-14(11-20)19(21-17)25-12-18(22)24-15-5-3-2-4-6-15/h7-10,15H,2-6,12H2,1H3. The highest BCUT2D eigenvalue weighted by atomic mass is 32.2. The first-order valence-corrected chi connectivity index (χ1v) is 9.39. The topological polar surface area (TPSA) is 72.2 Å². The molecule has 1 fully saturated rings. The Kier molecular flexibility index (Phi) is 5.77. The van der Waals surface area contributed by atoms with Gasteiger partial charge in [-0.05, 0) is 49.9 Å². The maximum atomic E-state index is 12.1. The van der Waals surface area contributed by atoms with Gasteiger partial charge in [0.1, 0.15) is 22.9 Å². The van der Waals surface area contributed by atoms with E-state index in [4.69, 9.17) is 9.47 Å². The van der Waals surface area contributed by atoms with Gasteiger partial charge in [-0.15, -0.1) is 0 Å². The summed E-state index contributed by atoms with van der Waals surface area (Å²) in [6.45, 7) is 0. The molecule has 25 heavy (non-hydrogen) atoms. The van der Waals surface area contributed by atoms with Crippen LogP contribution in [0.5, 0.6) is 5.75 Å². The van der Waals surface area contributed by atoms with Crippen LogP contribution < -0.4 is 4.74 Å². The molecular weight excluding hydrogens is 336 g/mol. The lowest BCUT2D eigenvalue weighted by Crippen LogP contribution is -2.21. The first-order chi connectivity index (χ1) is 12.2. The zero-order valence-electron chi connectivity index (χ0n) is 14.2. The minimum atomic E-state index is -0.239. The molecule has 1 aliphatic carbocycles. The molecule has 6 heteroatoms. The number of benzene rings is 1. The quantitative estimate of drug-likeness (QED) is 0.594. The van der Waals surface area contributed by atoms with Crippen LogP contribution in [0.15, 0.2) is 29.3 Å². The van der Waals surface area contributed by atoms with E-state index in [1.165, 1.54) is 18.2 Å². The molecule has 1 heterocycles. The number of pyridine rings is 1. The number of thioether (sulfide) groups is 1. The van der Waals surface area contributed by atoms with Gasteiger partial charge in [0, 0.05) is 5.39 Å². The van der Waals surface area contributed by atoms with Gasteiger partial charge in [-0.2, -0.15) is 5.26 Å². The molecule has 0 unspecified atom stereocenters. The molecule has 130 valence electrons. The highest BCUT2D eigenvalue weighted by molar-refractivity contribution is 7.99. The van der Waals surface area contributed by atoms with Crippen molar-refractivity contribution in [1.29, 1.82) is 5.26 Å². The number of ether oxygens (including phenoxy) is 2. The average Bonchev–Trinajstić information content (AvgIpc) is 2.65. The lowest BCUT2D eigenvalue weighted by atomic mass is 9.98. The number of carbonyl (C=O) groups is 1. The maximum Gasteiger partial charge on any atom is 0.316 e. The molecule has 1 aromatic heterocycles. The molecule has 0 saturated heterocycles. The highest BCUT2D eigenvalue weighted by Crippen LogP contribution is 2.27. The molecule has 1 aromatic carbocycles. The Bertz CT molecular complexity index is 810. The minimum absolute atomic E-state index is 0.0503. The Morgan fingerprint density at radius 1 is 1.32 bits per heavy atom. The first-order valence-electron chi connectivity index (χ1n) is 8.41. The SMILES string of the molecule is COc1ccc2nc(SCC(=O)OC3CCCCC3)c(C#N)cc2c1. The fourth-order valence-electron chi connectivity index (χ4n) is 2.98. The number of fused-ring (bicyclic) bond motifs is 1. The van der Waals surface area contributed by atoms with Gasteiger partial charge in [0.2, 0.25) is 0 Å². The summed E-state index contributed by atoms with van der Waals surface area (Å²) in [6, 6.07) is 9.45. The molecule has 2 aromatic rings. The van der Waals surface area contributed by atoms with Crippen LogP contribution in [0.3, 0.4) is 0 Å². The summed E-state index contributed by atoms with van der Waals surface area (Å²) >= 11 is 1.25. The lowest BCUT2D eigenvalue weighted by molar-refractivity contribution is -0.147. The Morgan fingerprint density at radius 2 is 2.12 bits per heavy atom. The van der Waals surface area contributed by atoms with Crippen LogP contribution in [0.25, 0.3) is 10.9 Å². The van der Waals surface area contributed by atoms with Gasteiger partial charge in [-0.3, -0.25) is 4.79 Å². The van der Waals surface area contributed by atoms with Crippen molar-refractivity contribution in [3.8, 4) is 11.8 Å². The smallest absolute Gasteiger partial charge is 0.316 e. The number of carbonyl (C=O) groups excluding carboxylic acids is 1. The van der Waals surface area contributed by atoms with Gasteiger partial charge in [-0.25, -0.2) is 4.98 Å². The van der Waals surface area contributed by atoms with Crippen molar-refractivity contribution in [3.63, 3.8) is 0 Å². The number of nitriles is 1. The second kappa shape index (κ2) is 8.21. The van der Waals surface area contributed by atoms with Crippen LogP contribution in [-0.2, 0) is 9.53 Å². The lowest BCUT2D eigenvalue weighted by Gasteiger charge is -2.21. The van der Waals surface area contributed by atoms with Crippen LogP contribution in [0, 0.1) is 11.3 Å². The molecule has 0 amide bonds. The molecule has 3 rings (SSSR count). The third kappa shape index (κ3) is 4.43. The monoisotopic (exact) mass is 356 g/mol. The maximum absolute atomic E-state index is 12.1. The van der Waals surface area contributed by atoms with E-state index in [2.05, 4.69) is 11.1 Å². The predicted molar refractivity (Wildman–Crippen MR) is 96.7 cm³/mol. The predicted octanol–water partition coefficient (Wildman–Crippen LogP) is 4.08. The first kappa shape index (κ1) is 17.6. The summed E-state index contributed by atoms with van der Waals surface area (Å²) < 4.78 is 10.7.